The normalized spacial score (nSPS) is 10.9. The number of carbonyl (C=O) groups excluding carboxylic acids is 8. The summed E-state index contributed by atoms with van der Waals surface area (Å²) in [5, 5.41) is 4.38. The van der Waals surface area contributed by atoms with Crippen LogP contribution in [0.25, 0.3) is 0 Å². The molecule has 0 aliphatic heterocycles. The van der Waals surface area contributed by atoms with Crippen LogP contribution >= 0.6 is 0 Å². The Balaban J connectivity index is 1.67. The molecule has 314 valence electrons. The highest BCUT2D eigenvalue weighted by Crippen LogP contribution is 2.33. The molecule has 60 heavy (non-hydrogen) atoms. The maximum absolute atomic E-state index is 13.9. The molecule has 0 unspecified atom stereocenters. The SMILES string of the molecule is CNC(=O)Oc1c(C(=O)OOC(=O)c2cccc(C(=O)c3ccccc3OC(=O)OC(C)(C)C)c2OC(=O)NC)cccc1C(=O)c1ccccc1OC(=O)OC(C)(C)C. The second-order valence-electron chi connectivity index (χ2n) is 14.2. The van der Waals surface area contributed by atoms with Gasteiger partial charge in [-0.1, -0.05) is 36.4 Å². The third-order valence-electron chi connectivity index (χ3n) is 7.38. The van der Waals surface area contributed by atoms with E-state index in [9.17, 15) is 38.4 Å². The van der Waals surface area contributed by atoms with Crippen LogP contribution in [-0.2, 0) is 19.2 Å². The minimum atomic E-state index is -1.45. The van der Waals surface area contributed by atoms with Crippen LogP contribution in [0, 0.1) is 0 Å². The van der Waals surface area contributed by atoms with Gasteiger partial charge in [-0.3, -0.25) is 9.59 Å². The molecule has 0 spiro atoms. The summed E-state index contributed by atoms with van der Waals surface area (Å²) < 4.78 is 31.5. The summed E-state index contributed by atoms with van der Waals surface area (Å²) in [5.74, 6) is -6.39. The number of carbonyl (C=O) groups is 8. The second-order valence-corrected chi connectivity index (χ2v) is 14.2. The van der Waals surface area contributed by atoms with Gasteiger partial charge in [0.2, 0.25) is 11.6 Å². The molecule has 0 aliphatic rings. The fourth-order valence-electron chi connectivity index (χ4n) is 4.92. The van der Waals surface area contributed by atoms with Crippen molar-refractivity contribution in [2.24, 2.45) is 0 Å². The van der Waals surface area contributed by atoms with Crippen molar-refractivity contribution < 1.29 is 76.6 Å². The van der Waals surface area contributed by atoms with Gasteiger partial charge in [-0.2, -0.15) is 0 Å². The minimum absolute atomic E-state index is 0.195. The molecule has 0 saturated heterocycles. The number of rotatable bonds is 10. The van der Waals surface area contributed by atoms with Gasteiger partial charge >= 0.3 is 36.4 Å². The molecule has 0 heterocycles. The maximum Gasteiger partial charge on any atom is 0.514 e. The molecule has 4 rings (SSSR count). The van der Waals surface area contributed by atoms with E-state index in [4.69, 9.17) is 38.2 Å². The Bertz CT molecular complexity index is 2180. The molecular weight excluding hydrogens is 788 g/mol. The average Bonchev–Trinajstić information content (AvgIpc) is 3.18. The minimum Gasteiger partial charge on any atom is -0.428 e. The number of para-hydroxylation sites is 4. The molecule has 0 fully saturated rings. The molecule has 4 aromatic carbocycles. The Labute approximate surface area is 342 Å². The zero-order chi connectivity index (χ0) is 44.4. The van der Waals surface area contributed by atoms with Crippen molar-refractivity contribution >= 4 is 48.0 Å². The summed E-state index contributed by atoms with van der Waals surface area (Å²) in [6.45, 7) is 9.66. The number of hydrogen-bond acceptors (Lipinski definition) is 16. The highest BCUT2D eigenvalue weighted by molar-refractivity contribution is 6.15. The lowest BCUT2D eigenvalue weighted by Crippen LogP contribution is -2.27. The third kappa shape index (κ3) is 11.9. The molecule has 0 bridgehead atoms. The van der Waals surface area contributed by atoms with Crippen LogP contribution in [0.4, 0.5) is 19.2 Å². The lowest BCUT2D eigenvalue weighted by molar-refractivity contribution is -0.187. The molecule has 4 aromatic rings. The molecule has 0 saturated carbocycles. The molecule has 18 heteroatoms. The van der Waals surface area contributed by atoms with Gasteiger partial charge in [0.1, 0.15) is 33.8 Å². The second kappa shape index (κ2) is 19.1. The Kier molecular flexibility index (Phi) is 14.3. The lowest BCUT2D eigenvalue weighted by Gasteiger charge is -2.19. The zero-order valence-electron chi connectivity index (χ0n) is 33.6. The summed E-state index contributed by atoms with van der Waals surface area (Å²) in [7, 11) is 2.42. The lowest BCUT2D eigenvalue weighted by atomic mass is 9.99. The van der Waals surface area contributed by atoms with Crippen LogP contribution in [0.15, 0.2) is 84.9 Å². The first-order valence-corrected chi connectivity index (χ1v) is 17.8. The molecule has 0 atom stereocenters. The van der Waals surface area contributed by atoms with Crippen molar-refractivity contribution in [3.63, 3.8) is 0 Å². The van der Waals surface area contributed by atoms with Crippen LogP contribution < -0.4 is 29.6 Å². The van der Waals surface area contributed by atoms with Crippen molar-refractivity contribution in [3.8, 4) is 23.0 Å². The van der Waals surface area contributed by atoms with E-state index in [2.05, 4.69) is 10.6 Å². The van der Waals surface area contributed by atoms with Gasteiger partial charge < -0.3 is 39.1 Å². The van der Waals surface area contributed by atoms with Crippen LogP contribution in [-0.4, -0.2) is 73.3 Å². The fourth-order valence-corrected chi connectivity index (χ4v) is 4.92. The van der Waals surface area contributed by atoms with Crippen LogP contribution in [0.3, 0.4) is 0 Å². The number of amides is 2. The summed E-state index contributed by atoms with van der Waals surface area (Å²) in [4.78, 5) is 114. The third-order valence-corrected chi connectivity index (χ3v) is 7.38. The molecule has 2 N–H and O–H groups in total. The van der Waals surface area contributed by atoms with Crippen LogP contribution in [0.2, 0.25) is 0 Å². The van der Waals surface area contributed by atoms with Crippen LogP contribution in [0.1, 0.15) is 94.1 Å². The highest BCUT2D eigenvalue weighted by atomic mass is 17.2. The van der Waals surface area contributed by atoms with Crippen molar-refractivity contribution in [2.75, 3.05) is 14.1 Å². The van der Waals surface area contributed by atoms with Gasteiger partial charge in [0, 0.05) is 14.1 Å². The Morgan fingerprint density at radius 2 is 0.733 bits per heavy atom. The molecule has 0 aromatic heterocycles. The predicted octanol–water partition coefficient (Wildman–Crippen LogP) is 7.14. The largest absolute Gasteiger partial charge is 0.514 e. The van der Waals surface area contributed by atoms with Gasteiger partial charge in [-0.05, 0) is 90.1 Å². The zero-order valence-corrected chi connectivity index (χ0v) is 33.6. The van der Waals surface area contributed by atoms with E-state index in [0.29, 0.717) is 0 Å². The first-order valence-electron chi connectivity index (χ1n) is 17.8. The van der Waals surface area contributed by atoms with Gasteiger partial charge in [0.15, 0.2) is 11.5 Å². The summed E-state index contributed by atoms with van der Waals surface area (Å²) >= 11 is 0. The molecule has 18 nitrogen and oxygen atoms in total. The van der Waals surface area contributed by atoms with Crippen LogP contribution in [0.5, 0.6) is 23.0 Å². The van der Waals surface area contributed by atoms with Gasteiger partial charge in [0.05, 0.1) is 22.3 Å². The quantitative estimate of drug-likeness (QED) is 0.0531. The summed E-state index contributed by atoms with van der Waals surface area (Å²) in [5.41, 5.74) is -4.18. The van der Waals surface area contributed by atoms with E-state index in [1.165, 1.54) is 86.9 Å². The number of benzene rings is 4. The topological polar surface area (TPSA) is 234 Å². The number of nitrogens with one attached hydrogen (secondary N) is 2. The Hall–Kier alpha value is -7.76. The van der Waals surface area contributed by atoms with E-state index in [1.807, 2.05) is 0 Å². The summed E-state index contributed by atoms with van der Waals surface area (Å²) in [6.07, 6.45) is -4.45. The molecule has 0 aliphatic carbocycles. The maximum atomic E-state index is 13.9. The van der Waals surface area contributed by atoms with E-state index in [0.717, 1.165) is 12.1 Å². The van der Waals surface area contributed by atoms with Crippen molar-refractivity contribution in [2.45, 2.75) is 52.7 Å². The predicted molar refractivity (Wildman–Crippen MR) is 207 cm³/mol. The van der Waals surface area contributed by atoms with Crippen molar-refractivity contribution in [1.29, 1.82) is 0 Å². The number of hydrogen-bond donors (Lipinski definition) is 2. The Morgan fingerprint density at radius 3 is 1.07 bits per heavy atom. The Morgan fingerprint density at radius 1 is 0.417 bits per heavy atom. The molecule has 0 radical (unpaired) electrons. The standard InChI is InChI=1S/C42H40N2O16/c1-41(2,3)57-39(51)53-29-21-11-9-15-23(29)31(45)25-17-13-19-27(33(25)55-37(49)43-7)35(47)59-60-36(48)28-20-14-18-26(34(28)56-38(50)44-8)32(46)24-16-10-12-22-30(24)54-40(52)58-42(4,5)6/h9-22H,1-8H3,(H,43,49)(H,44,50). The smallest absolute Gasteiger partial charge is 0.428 e. The fraction of sp³-hybridized carbons (Fsp3) is 0.238. The van der Waals surface area contributed by atoms with Gasteiger partial charge in [0.25, 0.3) is 0 Å². The van der Waals surface area contributed by atoms with Crippen molar-refractivity contribution in [1.82, 2.24) is 10.6 Å². The first-order chi connectivity index (χ1) is 28.2. The van der Waals surface area contributed by atoms with E-state index in [1.54, 1.807) is 41.5 Å². The van der Waals surface area contributed by atoms with E-state index < -0.39 is 81.8 Å². The molecular formula is C42H40N2O16. The van der Waals surface area contributed by atoms with E-state index in [-0.39, 0.29) is 33.8 Å². The number of ether oxygens (including phenoxy) is 6. The highest BCUT2D eigenvalue weighted by Gasteiger charge is 2.31. The molecule has 2 amide bonds. The van der Waals surface area contributed by atoms with Gasteiger partial charge in [-0.15, -0.1) is 0 Å². The van der Waals surface area contributed by atoms with E-state index >= 15 is 0 Å². The average molecular weight is 829 g/mol. The summed E-state index contributed by atoms with van der Waals surface area (Å²) in [6, 6.07) is 18.2. The van der Waals surface area contributed by atoms with Crippen molar-refractivity contribution in [3.05, 3.63) is 118 Å². The monoisotopic (exact) mass is 828 g/mol. The van der Waals surface area contributed by atoms with Gasteiger partial charge in [-0.25, -0.2) is 38.5 Å². The first kappa shape index (κ1) is 44.9. The number of ketones is 2.